The molecule has 3 rings (SSSR count). The summed E-state index contributed by atoms with van der Waals surface area (Å²) in [6.07, 6.45) is 8.21. The van der Waals surface area contributed by atoms with Crippen LogP contribution in [-0.4, -0.2) is 28.6 Å². The Morgan fingerprint density at radius 2 is 2.00 bits per heavy atom. The fourth-order valence-electron chi connectivity index (χ4n) is 3.13. The summed E-state index contributed by atoms with van der Waals surface area (Å²) in [7, 11) is 0. The van der Waals surface area contributed by atoms with Gasteiger partial charge in [-0.15, -0.1) is 0 Å². The Bertz CT molecular complexity index is 689. The number of amides is 2. The van der Waals surface area contributed by atoms with E-state index >= 15 is 0 Å². The van der Waals surface area contributed by atoms with Gasteiger partial charge in [0.05, 0.1) is 18.3 Å². The third-order valence-corrected chi connectivity index (χ3v) is 4.37. The van der Waals surface area contributed by atoms with Crippen molar-refractivity contribution in [1.29, 1.82) is 0 Å². The molecule has 0 radical (unpaired) electrons. The molecule has 1 fully saturated rings. The van der Waals surface area contributed by atoms with E-state index in [1.165, 1.54) is 19.3 Å². The van der Waals surface area contributed by atoms with E-state index in [0.717, 1.165) is 23.7 Å². The number of carbonyl (C=O) groups excluding carboxylic acids is 2. The molecule has 3 N–H and O–H groups in total. The highest BCUT2D eigenvalue weighted by Gasteiger charge is 2.17. The van der Waals surface area contributed by atoms with Crippen molar-refractivity contribution in [2.45, 2.75) is 38.5 Å². The highest BCUT2D eigenvalue weighted by molar-refractivity contribution is 5.96. The number of aromatic nitrogens is 2. The zero-order valence-corrected chi connectivity index (χ0v) is 13.1. The number of rotatable bonds is 5. The summed E-state index contributed by atoms with van der Waals surface area (Å²) in [6.45, 7) is 0.00891. The Morgan fingerprint density at radius 3 is 2.83 bits per heavy atom. The molecule has 1 aliphatic carbocycles. The lowest BCUT2D eigenvalue weighted by molar-refractivity contribution is -0.125. The maximum absolute atomic E-state index is 11.9. The fourth-order valence-corrected chi connectivity index (χ4v) is 3.13. The van der Waals surface area contributed by atoms with E-state index in [9.17, 15) is 9.59 Å². The molecule has 2 aromatic rings. The van der Waals surface area contributed by atoms with E-state index in [1.54, 1.807) is 6.20 Å². The molecule has 1 saturated carbocycles. The number of H-pyrrole nitrogens is 1. The minimum Gasteiger partial charge on any atom is -0.347 e. The molecule has 0 spiro atoms. The fraction of sp³-hybridized carbons (Fsp3) is 0.471. The number of hydrogen-bond donors (Lipinski definition) is 3. The SMILES string of the molecule is O=C(CC1CCCCC1)NCC(=O)Nc1ccc2[nH]ncc2c1. The van der Waals surface area contributed by atoms with Gasteiger partial charge < -0.3 is 10.6 Å². The van der Waals surface area contributed by atoms with E-state index < -0.39 is 0 Å². The van der Waals surface area contributed by atoms with E-state index in [0.29, 0.717) is 18.0 Å². The van der Waals surface area contributed by atoms with Crippen LogP contribution in [0.15, 0.2) is 24.4 Å². The summed E-state index contributed by atoms with van der Waals surface area (Å²) in [5, 5.41) is 13.2. The molecule has 0 aliphatic heterocycles. The van der Waals surface area contributed by atoms with E-state index in [2.05, 4.69) is 20.8 Å². The van der Waals surface area contributed by atoms with Crippen LogP contribution in [0.1, 0.15) is 38.5 Å². The minimum absolute atomic E-state index is 0.00891. The first-order chi connectivity index (χ1) is 11.2. The van der Waals surface area contributed by atoms with Crippen molar-refractivity contribution in [1.82, 2.24) is 15.5 Å². The Hall–Kier alpha value is -2.37. The number of benzene rings is 1. The molecule has 122 valence electrons. The molecule has 6 nitrogen and oxygen atoms in total. The Kier molecular flexibility index (Phi) is 4.90. The van der Waals surface area contributed by atoms with Gasteiger partial charge in [-0.2, -0.15) is 5.10 Å². The zero-order valence-electron chi connectivity index (χ0n) is 13.1. The van der Waals surface area contributed by atoms with Crippen LogP contribution < -0.4 is 10.6 Å². The number of anilines is 1. The first-order valence-corrected chi connectivity index (χ1v) is 8.20. The van der Waals surface area contributed by atoms with Crippen molar-refractivity contribution < 1.29 is 9.59 Å². The molecular weight excluding hydrogens is 292 g/mol. The number of nitrogens with one attached hydrogen (secondary N) is 3. The van der Waals surface area contributed by atoms with Gasteiger partial charge in [-0.1, -0.05) is 19.3 Å². The van der Waals surface area contributed by atoms with Crippen molar-refractivity contribution >= 4 is 28.4 Å². The van der Waals surface area contributed by atoms with E-state index in [-0.39, 0.29) is 18.4 Å². The summed E-state index contributed by atoms with van der Waals surface area (Å²) < 4.78 is 0. The number of hydrogen-bond acceptors (Lipinski definition) is 3. The largest absolute Gasteiger partial charge is 0.347 e. The standard InChI is InChI=1S/C17H22N4O2/c22-16(8-12-4-2-1-3-5-12)18-11-17(23)20-14-6-7-15-13(9-14)10-19-21-15/h6-7,9-10,12H,1-5,8,11H2,(H,18,22)(H,19,21)(H,20,23). The van der Waals surface area contributed by atoms with Gasteiger partial charge in [0.25, 0.3) is 0 Å². The summed E-state index contributed by atoms with van der Waals surface area (Å²) in [5.74, 6) is 0.234. The normalized spacial score (nSPS) is 15.5. The summed E-state index contributed by atoms with van der Waals surface area (Å²) in [6, 6.07) is 5.52. The van der Waals surface area contributed by atoms with Gasteiger partial charge in [-0.25, -0.2) is 0 Å². The van der Waals surface area contributed by atoms with Crippen molar-refractivity contribution in [3.05, 3.63) is 24.4 Å². The number of nitrogens with zero attached hydrogens (tertiary/aromatic N) is 1. The molecular formula is C17H22N4O2. The molecule has 1 heterocycles. The zero-order chi connectivity index (χ0) is 16.1. The van der Waals surface area contributed by atoms with Crippen LogP contribution >= 0.6 is 0 Å². The molecule has 0 atom stereocenters. The van der Waals surface area contributed by atoms with Crippen molar-refractivity contribution in [3.8, 4) is 0 Å². The average molecular weight is 314 g/mol. The van der Waals surface area contributed by atoms with Crippen LogP contribution in [0.25, 0.3) is 10.9 Å². The topological polar surface area (TPSA) is 86.9 Å². The third kappa shape index (κ3) is 4.31. The maximum atomic E-state index is 11.9. The predicted octanol–water partition coefficient (Wildman–Crippen LogP) is 2.59. The molecule has 0 bridgehead atoms. The van der Waals surface area contributed by atoms with Crippen molar-refractivity contribution in [3.63, 3.8) is 0 Å². The lowest BCUT2D eigenvalue weighted by atomic mass is 9.87. The first kappa shape index (κ1) is 15.5. The highest BCUT2D eigenvalue weighted by Crippen LogP contribution is 2.26. The quantitative estimate of drug-likeness (QED) is 0.792. The summed E-state index contributed by atoms with van der Waals surface area (Å²) >= 11 is 0. The molecule has 1 aliphatic rings. The monoisotopic (exact) mass is 314 g/mol. The van der Waals surface area contributed by atoms with E-state index in [1.807, 2.05) is 18.2 Å². The van der Waals surface area contributed by atoms with Crippen LogP contribution in [-0.2, 0) is 9.59 Å². The van der Waals surface area contributed by atoms with Crippen LogP contribution in [0.3, 0.4) is 0 Å². The summed E-state index contributed by atoms with van der Waals surface area (Å²) in [5.41, 5.74) is 1.62. The predicted molar refractivity (Wildman–Crippen MR) is 88.9 cm³/mol. The molecule has 0 saturated heterocycles. The maximum Gasteiger partial charge on any atom is 0.243 e. The Morgan fingerprint density at radius 1 is 1.17 bits per heavy atom. The van der Waals surface area contributed by atoms with Gasteiger partial charge in [0, 0.05) is 17.5 Å². The first-order valence-electron chi connectivity index (χ1n) is 8.20. The van der Waals surface area contributed by atoms with Gasteiger partial charge in [-0.05, 0) is 37.0 Å². The number of fused-ring (bicyclic) bond motifs is 1. The molecule has 2 amide bonds. The average Bonchev–Trinajstić information content (AvgIpc) is 3.01. The lowest BCUT2D eigenvalue weighted by Gasteiger charge is -2.20. The van der Waals surface area contributed by atoms with Crippen LogP contribution in [0.4, 0.5) is 5.69 Å². The van der Waals surface area contributed by atoms with Gasteiger partial charge in [-0.3, -0.25) is 14.7 Å². The second-order valence-electron chi connectivity index (χ2n) is 6.21. The van der Waals surface area contributed by atoms with Gasteiger partial charge in [0.15, 0.2) is 0 Å². The minimum atomic E-state index is -0.218. The second-order valence-corrected chi connectivity index (χ2v) is 6.21. The third-order valence-electron chi connectivity index (χ3n) is 4.37. The molecule has 1 aromatic carbocycles. The Labute approximate surface area is 135 Å². The van der Waals surface area contributed by atoms with Crippen molar-refractivity contribution in [2.24, 2.45) is 5.92 Å². The molecule has 6 heteroatoms. The van der Waals surface area contributed by atoms with Crippen LogP contribution in [0.2, 0.25) is 0 Å². The smallest absolute Gasteiger partial charge is 0.243 e. The van der Waals surface area contributed by atoms with Crippen molar-refractivity contribution in [2.75, 3.05) is 11.9 Å². The lowest BCUT2D eigenvalue weighted by Crippen LogP contribution is -2.34. The van der Waals surface area contributed by atoms with Crippen LogP contribution in [0.5, 0.6) is 0 Å². The number of carbonyl (C=O) groups is 2. The van der Waals surface area contributed by atoms with Gasteiger partial charge in [0.1, 0.15) is 0 Å². The van der Waals surface area contributed by atoms with Crippen LogP contribution in [0, 0.1) is 5.92 Å². The highest BCUT2D eigenvalue weighted by atomic mass is 16.2. The van der Waals surface area contributed by atoms with Gasteiger partial charge in [0.2, 0.25) is 11.8 Å². The number of aromatic amines is 1. The summed E-state index contributed by atoms with van der Waals surface area (Å²) in [4.78, 5) is 23.8. The molecule has 23 heavy (non-hydrogen) atoms. The van der Waals surface area contributed by atoms with Gasteiger partial charge >= 0.3 is 0 Å². The molecule has 1 aromatic heterocycles. The van der Waals surface area contributed by atoms with E-state index in [4.69, 9.17) is 0 Å². The molecule has 0 unspecified atom stereocenters. The second kappa shape index (κ2) is 7.26. The Balaban J connectivity index is 1.44.